The van der Waals surface area contributed by atoms with Crippen LogP contribution in [0.5, 0.6) is 5.75 Å². The second-order valence-electron chi connectivity index (χ2n) is 3.81. The zero-order chi connectivity index (χ0) is 14.0. The van der Waals surface area contributed by atoms with Crippen LogP contribution in [0, 0.1) is 0 Å². The Hall–Kier alpha value is -1.66. The standard InChI is InChI=1S/C13H11NO3S2/c1-8(15)14-12(16)11(19-13(14)18)7-9-3-5-10(17-2)6-4-9/h3-7H,1-2H3. The molecule has 1 saturated heterocycles. The number of carbonyl (C=O) groups excluding carboxylic acids is 2. The van der Waals surface area contributed by atoms with E-state index in [1.807, 2.05) is 12.1 Å². The summed E-state index contributed by atoms with van der Waals surface area (Å²) in [6.07, 6.45) is 1.71. The Kier molecular flexibility index (Phi) is 4.01. The minimum atomic E-state index is -0.363. The smallest absolute Gasteiger partial charge is 0.273 e. The Labute approximate surface area is 120 Å². The van der Waals surface area contributed by atoms with E-state index in [-0.39, 0.29) is 16.1 Å². The molecule has 19 heavy (non-hydrogen) atoms. The lowest BCUT2D eigenvalue weighted by Crippen LogP contribution is -2.32. The summed E-state index contributed by atoms with van der Waals surface area (Å²) in [5.41, 5.74) is 0.852. The number of nitrogens with zero attached hydrogens (tertiary/aromatic N) is 1. The molecule has 6 heteroatoms. The largest absolute Gasteiger partial charge is 0.497 e. The first kappa shape index (κ1) is 13.8. The molecular weight excluding hydrogens is 282 g/mol. The molecule has 1 aromatic rings. The highest BCUT2D eigenvalue weighted by atomic mass is 32.2. The van der Waals surface area contributed by atoms with Gasteiger partial charge >= 0.3 is 0 Å². The normalized spacial score (nSPS) is 17.2. The van der Waals surface area contributed by atoms with Crippen LogP contribution in [-0.4, -0.2) is 28.1 Å². The van der Waals surface area contributed by atoms with Gasteiger partial charge in [-0.3, -0.25) is 9.59 Å². The molecule has 0 aliphatic carbocycles. The molecule has 1 aromatic carbocycles. The number of thioether (sulfide) groups is 1. The van der Waals surface area contributed by atoms with Gasteiger partial charge in [-0.2, -0.15) is 0 Å². The third-order valence-electron chi connectivity index (χ3n) is 2.52. The minimum absolute atomic E-state index is 0.275. The maximum atomic E-state index is 12.0. The van der Waals surface area contributed by atoms with Crippen LogP contribution in [0.15, 0.2) is 29.2 Å². The number of benzene rings is 1. The van der Waals surface area contributed by atoms with Crippen molar-refractivity contribution in [2.45, 2.75) is 6.92 Å². The van der Waals surface area contributed by atoms with Gasteiger partial charge in [0.1, 0.15) is 5.75 Å². The molecule has 0 aromatic heterocycles. The van der Waals surface area contributed by atoms with Crippen molar-refractivity contribution < 1.29 is 14.3 Å². The zero-order valence-electron chi connectivity index (χ0n) is 10.4. The van der Waals surface area contributed by atoms with Gasteiger partial charge in [-0.1, -0.05) is 36.1 Å². The Morgan fingerprint density at radius 1 is 1.37 bits per heavy atom. The third-order valence-corrected chi connectivity index (χ3v) is 3.82. The fraction of sp³-hybridized carbons (Fsp3) is 0.154. The van der Waals surface area contributed by atoms with Gasteiger partial charge in [0.05, 0.1) is 12.0 Å². The number of methoxy groups -OCH3 is 1. The number of thiocarbonyl (C=S) groups is 1. The number of ether oxygens (including phenoxy) is 1. The molecule has 0 unspecified atom stereocenters. The molecule has 0 radical (unpaired) electrons. The van der Waals surface area contributed by atoms with Gasteiger partial charge < -0.3 is 4.74 Å². The average molecular weight is 293 g/mol. The molecule has 1 heterocycles. The van der Waals surface area contributed by atoms with Gasteiger partial charge in [0.15, 0.2) is 4.32 Å². The average Bonchev–Trinajstić information content (AvgIpc) is 2.65. The second-order valence-corrected chi connectivity index (χ2v) is 5.49. The van der Waals surface area contributed by atoms with E-state index in [2.05, 4.69) is 0 Å². The summed E-state index contributed by atoms with van der Waals surface area (Å²) >= 11 is 6.14. The van der Waals surface area contributed by atoms with E-state index < -0.39 is 0 Å². The fourth-order valence-corrected chi connectivity index (χ4v) is 2.94. The highest BCUT2D eigenvalue weighted by Crippen LogP contribution is 2.32. The van der Waals surface area contributed by atoms with Gasteiger partial charge in [0.25, 0.3) is 5.91 Å². The van der Waals surface area contributed by atoms with E-state index in [9.17, 15) is 9.59 Å². The van der Waals surface area contributed by atoms with Crippen LogP contribution in [0.2, 0.25) is 0 Å². The lowest BCUT2D eigenvalue weighted by atomic mass is 10.2. The Morgan fingerprint density at radius 2 is 2.00 bits per heavy atom. The van der Waals surface area contributed by atoms with E-state index in [0.717, 1.165) is 28.0 Å². The summed E-state index contributed by atoms with van der Waals surface area (Å²) in [5.74, 6) is 0.0207. The van der Waals surface area contributed by atoms with Crippen LogP contribution in [0.3, 0.4) is 0 Å². The van der Waals surface area contributed by atoms with Crippen LogP contribution in [0.1, 0.15) is 12.5 Å². The second kappa shape index (κ2) is 5.54. The van der Waals surface area contributed by atoms with Crippen molar-refractivity contribution in [2.75, 3.05) is 7.11 Å². The molecule has 2 amide bonds. The lowest BCUT2D eigenvalue weighted by molar-refractivity contribution is -0.135. The third kappa shape index (κ3) is 2.85. The van der Waals surface area contributed by atoms with E-state index in [0.29, 0.717) is 4.91 Å². The van der Waals surface area contributed by atoms with Crippen LogP contribution in [-0.2, 0) is 9.59 Å². The van der Waals surface area contributed by atoms with Crippen LogP contribution in [0.4, 0.5) is 0 Å². The van der Waals surface area contributed by atoms with Gasteiger partial charge in [-0.15, -0.1) is 0 Å². The first-order valence-corrected chi connectivity index (χ1v) is 6.68. The molecule has 2 rings (SSSR count). The van der Waals surface area contributed by atoms with Crippen molar-refractivity contribution in [3.05, 3.63) is 34.7 Å². The highest BCUT2D eigenvalue weighted by molar-refractivity contribution is 8.26. The van der Waals surface area contributed by atoms with Crippen LogP contribution >= 0.6 is 24.0 Å². The fourth-order valence-electron chi connectivity index (χ4n) is 1.59. The predicted molar refractivity (Wildman–Crippen MR) is 78.7 cm³/mol. The van der Waals surface area contributed by atoms with Crippen LogP contribution < -0.4 is 4.74 Å². The topological polar surface area (TPSA) is 46.6 Å². The first-order chi connectivity index (χ1) is 9.02. The van der Waals surface area contributed by atoms with E-state index in [4.69, 9.17) is 17.0 Å². The summed E-state index contributed by atoms with van der Waals surface area (Å²) in [4.78, 5) is 24.8. The Bertz CT molecular complexity index is 578. The van der Waals surface area contributed by atoms with E-state index >= 15 is 0 Å². The van der Waals surface area contributed by atoms with E-state index in [1.165, 1.54) is 6.92 Å². The van der Waals surface area contributed by atoms with Gasteiger partial charge in [-0.05, 0) is 23.8 Å². The Morgan fingerprint density at radius 3 is 2.47 bits per heavy atom. The summed E-state index contributed by atoms with van der Waals surface area (Å²) in [7, 11) is 1.59. The van der Waals surface area contributed by atoms with Crippen molar-refractivity contribution in [3.8, 4) is 5.75 Å². The van der Waals surface area contributed by atoms with Crippen molar-refractivity contribution in [3.63, 3.8) is 0 Å². The highest BCUT2D eigenvalue weighted by Gasteiger charge is 2.34. The molecule has 0 atom stereocenters. The quantitative estimate of drug-likeness (QED) is 0.619. The van der Waals surface area contributed by atoms with Gasteiger partial charge in [0, 0.05) is 6.92 Å². The molecule has 1 aliphatic rings. The molecule has 0 bridgehead atoms. The summed E-state index contributed by atoms with van der Waals surface area (Å²) in [5, 5.41) is 0. The summed E-state index contributed by atoms with van der Waals surface area (Å²) in [6, 6.07) is 7.27. The summed E-state index contributed by atoms with van der Waals surface area (Å²) in [6.45, 7) is 1.32. The number of hydrogen-bond donors (Lipinski definition) is 0. The van der Waals surface area contributed by atoms with Gasteiger partial charge in [-0.25, -0.2) is 4.90 Å². The van der Waals surface area contributed by atoms with E-state index in [1.54, 1.807) is 25.3 Å². The maximum absolute atomic E-state index is 12.0. The van der Waals surface area contributed by atoms with Crippen molar-refractivity contribution in [1.29, 1.82) is 0 Å². The Balaban J connectivity index is 2.27. The van der Waals surface area contributed by atoms with Crippen molar-refractivity contribution in [1.82, 2.24) is 4.90 Å². The van der Waals surface area contributed by atoms with Gasteiger partial charge in [0.2, 0.25) is 5.91 Å². The van der Waals surface area contributed by atoms with Crippen LogP contribution in [0.25, 0.3) is 6.08 Å². The number of amides is 2. The lowest BCUT2D eigenvalue weighted by Gasteiger charge is -2.07. The molecule has 4 nitrogen and oxygen atoms in total. The molecule has 0 N–H and O–H groups in total. The zero-order valence-corrected chi connectivity index (χ0v) is 12.0. The molecule has 0 saturated carbocycles. The number of hydrogen-bond acceptors (Lipinski definition) is 5. The van der Waals surface area contributed by atoms with Crippen molar-refractivity contribution in [2.24, 2.45) is 0 Å². The predicted octanol–water partition coefficient (Wildman–Crippen LogP) is 2.44. The molecule has 0 spiro atoms. The number of carbonyl (C=O) groups is 2. The van der Waals surface area contributed by atoms with Crippen molar-refractivity contribution >= 4 is 46.2 Å². The molecule has 98 valence electrons. The SMILES string of the molecule is COc1ccc(C=C2SC(=S)N(C(C)=O)C2=O)cc1. The maximum Gasteiger partial charge on any atom is 0.273 e. The molecule has 1 fully saturated rings. The monoisotopic (exact) mass is 293 g/mol. The summed E-state index contributed by atoms with van der Waals surface area (Å²) < 4.78 is 5.33. The minimum Gasteiger partial charge on any atom is -0.497 e. The number of rotatable bonds is 2. The molecule has 1 aliphatic heterocycles. The first-order valence-electron chi connectivity index (χ1n) is 5.45. The molecular formula is C13H11NO3S2. The number of imide groups is 1.